The monoisotopic (exact) mass is 336 g/mol. The van der Waals surface area contributed by atoms with Crippen LogP contribution in [0.5, 0.6) is 0 Å². The number of rotatable bonds is 7. The average Bonchev–Trinajstić information content (AvgIpc) is 2.81. The van der Waals surface area contributed by atoms with Crippen molar-refractivity contribution in [3.63, 3.8) is 0 Å². The molecule has 0 radical (unpaired) electrons. The molecule has 24 heavy (non-hydrogen) atoms. The first-order valence-electron chi connectivity index (χ1n) is 8.75. The summed E-state index contributed by atoms with van der Waals surface area (Å²) in [5, 5.41) is 2.92. The van der Waals surface area contributed by atoms with Crippen molar-refractivity contribution in [3.05, 3.63) is 24.1 Å². The van der Waals surface area contributed by atoms with Crippen molar-refractivity contribution in [2.45, 2.75) is 72.4 Å². The Labute approximate surface area is 146 Å². The van der Waals surface area contributed by atoms with E-state index in [-0.39, 0.29) is 17.9 Å². The number of nitrogens with zero attached hydrogens (tertiary/aromatic N) is 1. The molecule has 0 aromatic rings. The molecule has 1 N–H and O–H groups in total. The summed E-state index contributed by atoms with van der Waals surface area (Å²) in [4.78, 5) is 27.1. The van der Waals surface area contributed by atoms with Gasteiger partial charge in [0.2, 0.25) is 11.8 Å². The molecule has 1 heterocycles. The van der Waals surface area contributed by atoms with Gasteiger partial charge in [-0.2, -0.15) is 0 Å². The lowest BCUT2D eigenvalue weighted by Crippen LogP contribution is -2.52. The lowest BCUT2D eigenvalue weighted by atomic mass is 9.94. The Morgan fingerprint density at radius 2 is 1.96 bits per heavy atom. The smallest absolute Gasteiger partial charge is 0.250 e. The number of carbonyl (C=O) groups is 2. The summed E-state index contributed by atoms with van der Waals surface area (Å²) in [7, 11) is 1.61. The van der Waals surface area contributed by atoms with E-state index in [1.807, 2.05) is 33.8 Å². The van der Waals surface area contributed by atoms with Crippen LogP contribution < -0.4 is 5.32 Å². The zero-order valence-corrected chi connectivity index (χ0v) is 15.9. The third-order valence-electron chi connectivity index (χ3n) is 4.16. The van der Waals surface area contributed by atoms with Crippen molar-refractivity contribution in [1.82, 2.24) is 10.2 Å². The van der Waals surface area contributed by atoms with Crippen LogP contribution in [0.3, 0.4) is 0 Å². The van der Waals surface area contributed by atoms with Crippen LogP contribution in [0.1, 0.15) is 60.3 Å². The maximum absolute atomic E-state index is 13.1. The lowest BCUT2D eigenvalue weighted by Gasteiger charge is -2.32. The number of hydrogen-bond acceptors (Lipinski definition) is 3. The standard InChI is InChI=1S/C19H32N2O3/c1-8-10-14(20-18(23)19(4,5)6)17(22)21-13(3)12-16(24-7)15(21)11-9-2/h12,14-15H,3,8-11H2,1-2,4-7H3,(H,20,23)/t14-,15-/m1/s1. The number of hydrogen-bond donors (Lipinski definition) is 1. The van der Waals surface area contributed by atoms with Gasteiger partial charge < -0.3 is 15.0 Å². The zero-order valence-electron chi connectivity index (χ0n) is 15.9. The first kappa shape index (κ1) is 20.3. The minimum Gasteiger partial charge on any atom is -0.499 e. The molecule has 1 aliphatic heterocycles. The Kier molecular flexibility index (Phi) is 7.06. The van der Waals surface area contributed by atoms with Crippen LogP contribution in [0.4, 0.5) is 0 Å². The molecule has 136 valence electrons. The third-order valence-corrected chi connectivity index (χ3v) is 4.16. The van der Waals surface area contributed by atoms with Gasteiger partial charge in [0.1, 0.15) is 11.8 Å². The molecule has 0 bridgehead atoms. The molecule has 0 aromatic carbocycles. The first-order valence-corrected chi connectivity index (χ1v) is 8.75. The van der Waals surface area contributed by atoms with E-state index in [0.717, 1.165) is 25.0 Å². The molecule has 0 saturated heterocycles. The quantitative estimate of drug-likeness (QED) is 0.775. The summed E-state index contributed by atoms with van der Waals surface area (Å²) in [6, 6.07) is -0.673. The molecule has 0 unspecified atom stereocenters. The number of allylic oxidation sites excluding steroid dienone is 1. The lowest BCUT2D eigenvalue weighted by molar-refractivity contribution is -0.138. The normalized spacial score (nSPS) is 19.1. The fourth-order valence-electron chi connectivity index (χ4n) is 2.78. The number of carbonyl (C=O) groups excluding carboxylic acids is 2. The van der Waals surface area contributed by atoms with Crippen LogP contribution in [-0.2, 0) is 14.3 Å². The highest BCUT2D eigenvalue weighted by Gasteiger charge is 2.38. The molecule has 1 aliphatic rings. The summed E-state index contributed by atoms with van der Waals surface area (Å²) in [5.74, 6) is 0.528. The van der Waals surface area contributed by atoms with Gasteiger partial charge in [-0.3, -0.25) is 9.59 Å². The predicted molar refractivity (Wildman–Crippen MR) is 96.1 cm³/mol. The van der Waals surface area contributed by atoms with E-state index in [2.05, 4.69) is 18.8 Å². The average molecular weight is 336 g/mol. The van der Waals surface area contributed by atoms with Gasteiger partial charge in [0.25, 0.3) is 0 Å². The molecular weight excluding hydrogens is 304 g/mol. The minimum atomic E-state index is -0.539. The molecule has 5 nitrogen and oxygen atoms in total. The fraction of sp³-hybridized carbons (Fsp3) is 0.684. The van der Waals surface area contributed by atoms with Crippen molar-refractivity contribution < 1.29 is 14.3 Å². The molecule has 0 aromatic heterocycles. The van der Waals surface area contributed by atoms with E-state index in [4.69, 9.17) is 4.74 Å². The molecule has 0 spiro atoms. The summed E-state index contributed by atoms with van der Waals surface area (Å²) in [5.41, 5.74) is 0.0916. The SMILES string of the molecule is C=C1C=C(OC)[C@@H](CCC)N1C(=O)[C@@H](CCC)NC(=O)C(C)(C)C. The number of nitrogens with one attached hydrogen (secondary N) is 1. The molecule has 5 heteroatoms. The van der Waals surface area contributed by atoms with Gasteiger partial charge >= 0.3 is 0 Å². The number of methoxy groups -OCH3 is 1. The third kappa shape index (κ3) is 4.62. The van der Waals surface area contributed by atoms with E-state index in [1.165, 1.54) is 0 Å². The Morgan fingerprint density at radius 1 is 1.33 bits per heavy atom. The zero-order chi connectivity index (χ0) is 18.5. The second kappa shape index (κ2) is 8.36. The Balaban J connectivity index is 3.01. The second-order valence-electron chi connectivity index (χ2n) is 7.32. The molecule has 2 amide bonds. The Morgan fingerprint density at radius 3 is 2.42 bits per heavy atom. The molecular formula is C19H32N2O3. The highest BCUT2D eigenvalue weighted by molar-refractivity contribution is 5.91. The molecule has 1 rings (SSSR count). The van der Waals surface area contributed by atoms with Crippen LogP contribution in [0.25, 0.3) is 0 Å². The van der Waals surface area contributed by atoms with Gasteiger partial charge in [0.15, 0.2) is 0 Å². The second-order valence-corrected chi connectivity index (χ2v) is 7.32. The van der Waals surface area contributed by atoms with Crippen LogP contribution in [0.15, 0.2) is 24.1 Å². The highest BCUT2D eigenvalue weighted by atomic mass is 16.5. The van der Waals surface area contributed by atoms with Crippen LogP contribution in [-0.4, -0.2) is 35.9 Å². The number of ether oxygens (including phenoxy) is 1. The van der Waals surface area contributed by atoms with Gasteiger partial charge in [-0.15, -0.1) is 0 Å². The molecule has 2 atom stereocenters. The predicted octanol–water partition coefficient (Wildman–Crippen LogP) is 3.37. The topological polar surface area (TPSA) is 58.6 Å². The van der Waals surface area contributed by atoms with Crippen LogP contribution in [0, 0.1) is 5.41 Å². The van der Waals surface area contributed by atoms with Gasteiger partial charge in [-0.1, -0.05) is 54.0 Å². The number of amides is 2. The summed E-state index contributed by atoms with van der Waals surface area (Å²) in [6.07, 6.45) is 4.95. The van der Waals surface area contributed by atoms with Crippen molar-refractivity contribution in [2.75, 3.05) is 7.11 Å². The Hall–Kier alpha value is -1.78. The van der Waals surface area contributed by atoms with E-state index < -0.39 is 11.5 Å². The van der Waals surface area contributed by atoms with Crippen molar-refractivity contribution in [1.29, 1.82) is 0 Å². The molecule has 0 aliphatic carbocycles. The van der Waals surface area contributed by atoms with E-state index in [1.54, 1.807) is 12.0 Å². The van der Waals surface area contributed by atoms with Gasteiger partial charge in [-0.05, 0) is 12.8 Å². The summed E-state index contributed by atoms with van der Waals surface area (Å²) in [6.45, 7) is 13.6. The summed E-state index contributed by atoms with van der Waals surface area (Å²) < 4.78 is 5.42. The molecule has 0 fully saturated rings. The fourth-order valence-corrected chi connectivity index (χ4v) is 2.78. The van der Waals surface area contributed by atoms with Crippen LogP contribution in [0.2, 0.25) is 0 Å². The maximum Gasteiger partial charge on any atom is 0.250 e. The van der Waals surface area contributed by atoms with Crippen LogP contribution >= 0.6 is 0 Å². The first-order chi connectivity index (χ1) is 11.2. The summed E-state index contributed by atoms with van der Waals surface area (Å²) >= 11 is 0. The van der Waals surface area contributed by atoms with E-state index in [9.17, 15) is 9.59 Å². The van der Waals surface area contributed by atoms with E-state index >= 15 is 0 Å². The van der Waals surface area contributed by atoms with Gasteiger partial charge in [0, 0.05) is 17.2 Å². The van der Waals surface area contributed by atoms with E-state index in [0.29, 0.717) is 12.1 Å². The largest absolute Gasteiger partial charge is 0.499 e. The Bertz CT molecular complexity index is 517. The highest BCUT2D eigenvalue weighted by Crippen LogP contribution is 2.30. The van der Waals surface area contributed by atoms with Crippen molar-refractivity contribution in [2.24, 2.45) is 5.41 Å². The minimum absolute atomic E-state index is 0.110. The van der Waals surface area contributed by atoms with Crippen molar-refractivity contribution >= 4 is 11.8 Å². The molecule has 0 saturated carbocycles. The van der Waals surface area contributed by atoms with Gasteiger partial charge in [0.05, 0.1) is 13.2 Å². The maximum atomic E-state index is 13.1. The van der Waals surface area contributed by atoms with Gasteiger partial charge in [-0.25, -0.2) is 0 Å². The van der Waals surface area contributed by atoms with Crippen molar-refractivity contribution in [3.8, 4) is 0 Å².